The molecule has 15 heteroatoms. The summed E-state index contributed by atoms with van der Waals surface area (Å²) in [5.41, 5.74) is 0.107. The van der Waals surface area contributed by atoms with Crippen LogP contribution in [-0.4, -0.2) is 45.4 Å². The summed E-state index contributed by atoms with van der Waals surface area (Å²) >= 11 is -2.62. The summed E-state index contributed by atoms with van der Waals surface area (Å²) in [5, 5.41) is -3.28. The maximum absolute atomic E-state index is 11.3. The monoisotopic (exact) mass is 391 g/mol. The Kier molecular flexibility index (Phi) is 13.5. The Morgan fingerprint density at radius 1 is 1.00 bits per heavy atom. The van der Waals surface area contributed by atoms with Gasteiger partial charge in [0.05, 0.1) is 20.6 Å². The largest absolute Gasteiger partial charge is 1.00 e. The maximum atomic E-state index is 11.3. The molecule has 0 aliphatic heterocycles. The topological polar surface area (TPSA) is 185 Å². The normalized spacial score (nSPS) is 20.4. The van der Waals surface area contributed by atoms with Crippen molar-refractivity contribution in [3.05, 3.63) is 29.3 Å². The van der Waals surface area contributed by atoms with Crippen molar-refractivity contribution in [3.63, 3.8) is 0 Å². The van der Waals surface area contributed by atoms with Crippen LogP contribution in [0.5, 0.6) is 0 Å². The number of rotatable bonds is 3. The van der Waals surface area contributed by atoms with E-state index in [1.807, 2.05) is 0 Å². The van der Waals surface area contributed by atoms with Crippen LogP contribution in [0, 0.1) is 0 Å². The Balaban J connectivity index is -0.00000121. The zero-order chi connectivity index (χ0) is 16.0. The van der Waals surface area contributed by atoms with Crippen molar-refractivity contribution in [2.45, 2.75) is 28.2 Å². The van der Waals surface area contributed by atoms with Gasteiger partial charge in [0.2, 0.25) is 0 Å². The zero-order valence-electron chi connectivity index (χ0n) is 13.7. The van der Waals surface area contributed by atoms with Crippen LogP contribution >= 0.6 is 0 Å². The fraction of sp³-hybridized carbons (Fsp3) is 0.400. The predicted octanol–water partition coefficient (Wildman–Crippen LogP) is -9.79. The summed E-state index contributed by atoms with van der Waals surface area (Å²) in [5.74, 6) is 0. The van der Waals surface area contributed by atoms with E-state index in [-0.39, 0.29) is 84.5 Å². The molecule has 2 rings (SSSR count). The zero-order valence-corrected chi connectivity index (χ0v) is 16.2. The number of hydrogen-bond acceptors (Lipinski definition) is 9. The molecule has 3 atom stereocenters. The van der Waals surface area contributed by atoms with Crippen molar-refractivity contribution in [1.82, 2.24) is 0 Å². The fourth-order valence-electron chi connectivity index (χ4n) is 2.35. The van der Waals surface area contributed by atoms with Crippen LogP contribution in [0.25, 0.3) is 0 Å². The van der Waals surface area contributed by atoms with E-state index < -0.39 is 48.2 Å². The molecule has 1 aliphatic rings. The molecule has 1 aliphatic carbocycles. The second kappa shape index (κ2) is 11.0. The van der Waals surface area contributed by atoms with Gasteiger partial charge in [-0.3, -0.25) is 4.21 Å². The quantitative estimate of drug-likeness (QED) is 0.274. The molecule has 0 aromatic heterocycles. The van der Waals surface area contributed by atoms with Crippen LogP contribution < -0.4 is 56.6 Å². The first-order chi connectivity index (χ1) is 9.50. The summed E-state index contributed by atoms with van der Waals surface area (Å²) in [7, 11) is -9.69. The van der Waals surface area contributed by atoms with E-state index in [0.29, 0.717) is 0 Å². The van der Waals surface area contributed by atoms with E-state index >= 15 is 0 Å². The van der Waals surface area contributed by atoms with Crippen LogP contribution in [0.15, 0.2) is 23.1 Å². The summed E-state index contributed by atoms with van der Waals surface area (Å²) in [6.45, 7) is 0. The van der Waals surface area contributed by atoms with Gasteiger partial charge in [0, 0.05) is 4.90 Å². The molecule has 9 nitrogen and oxygen atoms in total. The molecule has 0 radical (unpaired) electrons. The first-order valence-electron chi connectivity index (χ1n) is 5.61. The Labute approximate surface area is 184 Å². The van der Waals surface area contributed by atoms with Gasteiger partial charge in [-0.15, -0.1) is 0 Å². The molecule has 0 amide bonds. The van der Waals surface area contributed by atoms with E-state index in [9.17, 15) is 34.7 Å². The van der Waals surface area contributed by atoms with E-state index in [0.717, 1.165) is 12.1 Å². The first-order valence-corrected chi connectivity index (χ1v) is 9.63. The number of benzene rings is 1. The molecule has 0 saturated carbocycles. The van der Waals surface area contributed by atoms with Crippen LogP contribution in [0.1, 0.15) is 22.8 Å². The minimum Gasteiger partial charge on any atom is -0.870 e. The summed E-state index contributed by atoms with van der Waals surface area (Å²) in [6, 6.07) is 3.39. The van der Waals surface area contributed by atoms with Gasteiger partial charge in [-0.05, 0) is 47.2 Å². The molecule has 126 valence electrons. The van der Waals surface area contributed by atoms with E-state index in [2.05, 4.69) is 0 Å². The van der Waals surface area contributed by atoms with Crippen LogP contribution in [0.4, 0.5) is 0 Å². The van der Waals surface area contributed by atoms with Gasteiger partial charge in [0.15, 0.2) is 0 Å². The van der Waals surface area contributed by atoms with Crippen molar-refractivity contribution in [2.75, 3.05) is 0 Å². The Morgan fingerprint density at radius 3 is 1.92 bits per heavy atom. The average Bonchev–Trinajstić information content (AvgIpc) is 2.34. The van der Waals surface area contributed by atoms with Gasteiger partial charge in [-0.25, -0.2) is 16.8 Å². The molecule has 0 fully saturated rings. The van der Waals surface area contributed by atoms with Crippen molar-refractivity contribution < 1.29 is 96.8 Å². The minimum atomic E-state index is -4.93. The van der Waals surface area contributed by atoms with E-state index in [1.165, 1.54) is 6.07 Å². The molecule has 3 unspecified atom stereocenters. The number of fused-ring (bicyclic) bond motifs is 1. The van der Waals surface area contributed by atoms with Gasteiger partial charge in [-0.2, -0.15) is 0 Å². The van der Waals surface area contributed by atoms with Crippen molar-refractivity contribution in [1.29, 1.82) is 0 Å². The second-order valence-electron chi connectivity index (χ2n) is 4.63. The van der Waals surface area contributed by atoms with Crippen molar-refractivity contribution in [2.24, 2.45) is 0 Å². The third kappa shape index (κ3) is 7.44. The standard InChI is InChI=1S/C10H12O8S3.3Li.H2O/c11-19(12)7-2-1-6-3-8(20(13,14)15)5-10(9(6)4-7)21(16,17)18;;;;/h1-2,4,8,10H,3,5H2,(H,11,12)(H,13,14,15)(H,16,17,18);;;;1H2/q;3*+1;/p-4. The third-order valence-corrected chi connectivity index (χ3v) is 6.30. The number of hydrogen-bond donors (Lipinski definition) is 0. The summed E-state index contributed by atoms with van der Waals surface area (Å²) in [6.07, 6.45) is -0.918. The van der Waals surface area contributed by atoms with Crippen molar-refractivity contribution >= 4 is 31.3 Å². The van der Waals surface area contributed by atoms with Gasteiger partial charge in [-0.1, -0.05) is 6.07 Å². The van der Waals surface area contributed by atoms with E-state index in [4.69, 9.17) is 0 Å². The van der Waals surface area contributed by atoms with Gasteiger partial charge in [0.1, 0.15) is 10.1 Å². The molecule has 0 heterocycles. The molecule has 25 heavy (non-hydrogen) atoms. The predicted molar refractivity (Wildman–Crippen MR) is 69.8 cm³/mol. The fourth-order valence-corrected chi connectivity index (χ4v) is 4.68. The van der Waals surface area contributed by atoms with Crippen LogP contribution in [-0.2, 0) is 37.7 Å². The second-order valence-corrected chi connectivity index (χ2v) is 8.78. The summed E-state index contributed by atoms with van der Waals surface area (Å²) in [4.78, 5) is -0.217. The molecule has 1 aromatic carbocycles. The third-order valence-electron chi connectivity index (χ3n) is 3.34. The minimum absolute atomic E-state index is 0. The van der Waals surface area contributed by atoms with Gasteiger partial charge >= 0.3 is 56.6 Å². The first kappa shape index (κ1) is 30.6. The van der Waals surface area contributed by atoms with Gasteiger partial charge in [0.25, 0.3) is 0 Å². The van der Waals surface area contributed by atoms with Crippen molar-refractivity contribution in [3.8, 4) is 0 Å². The van der Waals surface area contributed by atoms with Gasteiger partial charge < -0.3 is 19.1 Å². The van der Waals surface area contributed by atoms with Crippen LogP contribution in [0.2, 0.25) is 0 Å². The molecule has 1 N–H and O–H groups in total. The Hall–Kier alpha value is 0.902. The summed E-state index contributed by atoms with van der Waals surface area (Å²) < 4.78 is 89.0. The molecule has 0 spiro atoms. The maximum Gasteiger partial charge on any atom is 1.00 e. The molecule has 0 saturated heterocycles. The molecule has 0 bridgehead atoms. The Morgan fingerprint density at radius 2 is 1.52 bits per heavy atom. The molecular weight excluding hydrogens is 381 g/mol. The SMILES string of the molecule is O=S([O-])c1ccc2c(c1)C(S(=O)(=O)[O-])CC(S(=O)(=O)[O-])C2.[Li+].[Li+].[Li+].[OH-]. The van der Waals surface area contributed by atoms with E-state index in [1.54, 1.807) is 0 Å². The Bertz CT molecular complexity index is 810. The average molecular weight is 391 g/mol. The molecular formula is C10H10Li3O9S3-. The molecule has 1 aromatic rings. The smallest absolute Gasteiger partial charge is 0.870 e. The van der Waals surface area contributed by atoms with Crippen LogP contribution in [0.3, 0.4) is 0 Å².